The summed E-state index contributed by atoms with van der Waals surface area (Å²) in [6.07, 6.45) is 2.40. The Balaban J connectivity index is 1.69. The van der Waals surface area contributed by atoms with Crippen LogP contribution in [0.15, 0.2) is 42.5 Å². The van der Waals surface area contributed by atoms with Gasteiger partial charge in [0.2, 0.25) is 5.75 Å². The van der Waals surface area contributed by atoms with Crippen LogP contribution in [0.2, 0.25) is 0 Å². The van der Waals surface area contributed by atoms with Crippen LogP contribution in [0.25, 0.3) is 0 Å². The van der Waals surface area contributed by atoms with Crippen molar-refractivity contribution in [2.75, 3.05) is 13.7 Å². The predicted octanol–water partition coefficient (Wildman–Crippen LogP) is 3.61. The van der Waals surface area contributed by atoms with Crippen LogP contribution in [-0.4, -0.2) is 24.6 Å². The van der Waals surface area contributed by atoms with Crippen LogP contribution in [0.3, 0.4) is 0 Å². The van der Waals surface area contributed by atoms with E-state index >= 15 is 0 Å². The number of nitrogens with zero attached hydrogens (tertiary/aromatic N) is 1. The number of hydrogen-bond donors (Lipinski definition) is 0. The Hall–Kier alpha value is -3.09. The molecule has 0 aromatic heterocycles. The summed E-state index contributed by atoms with van der Waals surface area (Å²) in [5.41, 5.74) is -0.0547. The zero-order valence-electron chi connectivity index (χ0n) is 13.6. The van der Waals surface area contributed by atoms with Crippen LogP contribution in [0.4, 0.5) is 5.69 Å². The fraction of sp³-hybridized carbons (Fsp3) is 0.278. The molecule has 1 saturated carbocycles. The number of hydrogen-bond acceptors (Lipinski definition) is 6. The molecule has 0 aliphatic heterocycles. The van der Waals surface area contributed by atoms with E-state index in [0.717, 1.165) is 0 Å². The molecule has 130 valence electrons. The third kappa shape index (κ3) is 4.26. The minimum absolute atomic E-state index is 0.134. The lowest BCUT2D eigenvalue weighted by atomic mass is 10.2. The molecule has 0 unspecified atom stereocenters. The second-order valence-electron chi connectivity index (χ2n) is 5.76. The fourth-order valence-electron chi connectivity index (χ4n) is 2.20. The van der Waals surface area contributed by atoms with E-state index in [-0.39, 0.29) is 17.0 Å². The number of methoxy groups -OCH3 is 1. The predicted molar refractivity (Wildman–Crippen MR) is 89.3 cm³/mol. The van der Waals surface area contributed by atoms with Crippen LogP contribution in [0.5, 0.6) is 17.2 Å². The van der Waals surface area contributed by atoms with Gasteiger partial charge in [0.1, 0.15) is 11.5 Å². The summed E-state index contributed by atoms with van der Waals surface area (Å²) >= 11 is 0. The van der Waals surface area contributed by atoms with Crippen molar-refractivity contribution in [2.24, 2.45) is 5.92 Å². The van der Waals surface area contributed by atoms with Crippen LogP contribution in [-0.2, 0) is 0 Å². The zero-order chi connectivity index (χ0) is 17.8. The lowest BCUT2D eigenvalue weighted by molar-refractivity contribution is -0.385. The third-order valence-corrected chi connectivity index (χ3v) is 3.84. The number of rotatable bonds is 7. The maximum atomic E-state index is 12.2. The summed E-state index contributed by atoms with van der Waals surface area (Å²) < 4.78 is 15.7. The van der Waals surface area contributed by atoms with Gasteiger partial charge in [0, 0.05) is 0 Å². The molecule has 3 rings (SSSR count). The van der Waals surface area contributed by atoms with Gasteiger partial charge in [-0.2, -0.15) is 0 Å². The molecule has 1 fully saturated rings. The molecule has 7 nitrogen and oxygen atoms in total. The largest absolute Gasteiger partial charge is 0.496 e. The second-order valence-corrected chi connectivity index (χ2v) is 5.76. The third-order valence-electron chi connectivity index (χ3n) is 3.84. The molecule has 2 aromatic rings. The fourth-order valence-corrected chi connectivity index (χ4v) is 2.20. The number of benzene rings is 2. The highest BCUT2D eigenvalue weighted by Crippen LogP contribution is 2.32. The molecule has 0 amide bonds. The summed E-state index contributed by atoms with van der Waals surface area (Å²) in [5.74, 6) is 0.815. The number of nitro groups is 1. The molecule has 0 radical (unpaired) electrons. The Morgan fingerprint density at radius 2 is 1.84 bits per heavy atom. The van der Waals surface area contributed by atoms with E-state index in [1.807, 2.05) is 0 Å². The van der Waals surface area contributed by atoms with Crippen molar-refractivity contribution in [2.45, 2.75) is 12.8 Å². The molecule has 0 heterocycles. The minimum atomic E-state index is -0.679. The number of esters is 1. The van der Waals surface area contributed by atoms with Gasteiger partial charge in [-0.05, 0) is 55.2 Å². The smallest absolute Gasteiger partial charge is 0.343 e. The van der Waals surface area contributed by atoms with Crippen LogP contribution < -0.4 is 14.2 Å². The number of carbonyl (C=O) groups is 1. The van der Waals surface area contributed by atoms with Crippen molar-refractivity contribution < 1.29 is 23.9 Å². The molecule has 2 aromatic carbocycles. The first kappa shape index (κ1) is 16.8. The average molecular weight is 343 g/mol. The van der Waals surface area contributed by atoms with Crippen molar-refractivity contribution >= 4 is 11.7 Å². The van der Waals surface area contributed by atoms with Crippen LogP contribution >= 0.6 is 0 Å². The van der Waals surface area contributed by atoms with Gasteiger partial charge in [0.05, 0.1) is 30.3 Å². The highest BCUT2D eigenvalue weighted by molar-refractivity contribution is 5.91. The molecule has 0 bridgehead atoms. The van der Waals surface area contributed by atoms with E-state index in [9.17, 15) is 14.9 Å². The first-order chi connectivity index (χ1) is 12.1. The van der Waals surface area contributed by atoms with Gasteiger partial charge in [0.25, 0.3) is 0 Å². The van der Waals surface area contributed by atoms with E-state index in [1.54, 1.807) is 24.3 Å². The highest BCUT2D eigenvalue weighted by Gasteiger charge is 2.22. The van der Waals surface area contributed by atoms with Crippen molar-refractivity contribution in [1.29, 1.82) is 0 Å². The summed E-state index contributed by atoms with van der Waals surface area (Å²) in [6.45, 7) is 0.682. The Kier molecular flexibility index (Phi) is 4.83. The van der Waals surface area contributed by atoms with E-state index in [1.165, 1.54) is 38.2 Å². The standard InChI is InChI=1S/C18H17NO6/c1-23-15-8-9-17(16(10-15)19(21)22)25-18(20)13-4-6-14(7-5-13)24-11-12-2-3-12/h4-10,12H,2-3,11H2,1H3. The van der Waals surface area contributed by atoms with Gasteiger partial charge in [-0.1, -0.05) is 0 Å². The number of carbonyl (C=O) groups excluding carboxylic acids is 1. The first-order valence-corrected chi connectivity index (χ1v) is 7.84. The lowest BCUT2D eigenvalue weighted by Crippen LogP contribution is -2.10. The number of nitro benzene ring substituents is 1. The molecule has 0 spiro atoms. The second kappa shape index (κ2) is 7.21. The summed E-state index contributed by atoms with van der Waals surface area (Å²) in [7, 11) is 1.40. The van der Waals surface area contributed by atoms with E-state index in [4.69, 9.17) is 14.2 Å². The molecule has 25 heavy (non-hydrogen) atoms. The van der Waals surface area contributed by atoms with Crippen molar-refractivity contribution in [1.82, 2.24) is 0 Å². The maximum absolute atomic E-state index is 12.2. The van der Waals surface area contributed by atoms with Gasteiger partial charge in [-0.15, -0.1) is 0 Å². The van der Waals surface area contributed by atoms with E-state index in [2.05, 4.69) is 0 Å². The average Bonchev–Trinajstić information content (AvgIpc) is 3.45. The Labute approximate surface area is 144 Å². The zero-order valence-corrected chi connectivity index (χ0v) is 13.6. The molecule has 0 atom stereocenters. The van der Waals surface area contributed by atoms with Crippen LogP contribution in [0.1, 0.15) is 23.2 Å². The monoisotopic (exact) mass is 343 g/mol. The molecule has 0 N–H and O–H groups in total. The van der Waals surface area contributed by atoms with Gasteiger partial charge in [-0.25, -0.2) is 4.79 Å². The van der Waals surface area contributed by atoms with Gasteiger partial charge in [-0.3, -0.25) is 10.1 Å². The van der Waals surface area contributed by atoms with Crippen molar-refractivity contribution in [3.05, 3.63) is 58.1 Å². The minimum Gasteiger partial charge on any atom is -0.496 e. The molecule has 0 saturated heterocycles. The van der Waals surface area contributed by atoms with Crippen molar-refractivity contribution in [3.63, 3.8) is 0 Å². The summed E-state index contributed by atoms with van der Waals surface area (Å²) in [6, 6.07) is 10.5. The Bertz CT molecular complexity index is 783. The summed E-state index contributed by atoms with van der Waals surface area (Å²) in [5, 5.41) is 11.1. The maximum Gasteiger partial charge on any atom is 0.343 e. The molecule has 1 aliphatic carbocycles. The normalized spacial score (nSPS) is 13.2. The topological polar surface area (TPSA) is 87.9 Å². The van der Waals surface area contributed by atoms with Crippen molar-refractivity contribution in [3.8, 4) is 17.2 Å². The quantitative estimate of drug-likeness (QED) is 0.330. The van der Waals surface area contributed by atoms with Crippen LogP contribution in [0, 0.1) is 16.0 Å². The lowest BCUT2D eigenvalue weighted by Gasteiger charge is -2.08. The SMILES string of the molecule is COc1ccc(OC(=O)c2ccc(OCC3CC3)cc2)c([N+](=O)[O-])c1. The molecular formula is C18H17NO6. The van der Waals surface area contributed by atoms with Gasteiger partial charge in [0.15, 0.2) is 0 Å². The Morgan fingerprint density at radius 3 is 2.44 bits per heavy atom. The van der Waals surface area contributed by atoms with Gasteiger partial charge < -0.3 is 14.2 Å². The van der Waals surface area contributed by atoms with E-state index < -0.39 is 10.9 Å². The number of ether oxygens (including phenoxy) is 3. The van der Waals surface area contributed by atoms with Gasteiger partial charge >= 0.3 is 11.7 Å². The van der Waals surface area contributed by atoms with E-state index in [0.29, 0.717) is 24.0 Å². The molecule has 1 aliphatic rings. The molecule has 7 heteroatoms. The summed E-state index contributed by atoms with van der Waals surface area (Å²) in [4.78, 5) is 22.7. The Morgan fingerprint density at radius 1 is 1.16 bits per heavy atom. The highest BCUT2D eigenvalue weighted by atomic mass is 16.6. The molecular weight excluding hydrogens is 326 g/mol. The first-order valence-electron chi connectivity index (χ1n) is 7.84.